The van der Waals surface area contributed by atoms with E-state index in [1.165, 1.54) is 10.7 Å². The third-order valence-electron chi connectivity index (χ3n) is 4.97. The quantitative estimate of drug-likeness (QED) is 0.695. The van der Waals surface area contributed by atoms with Crippen molar-refractivity contribution < 1.29 is 5.11 Å². The number of aliphatic hydroxyl groups excluding tert-OH is 1. The molecular formula is C20H23N3OS. The topological polar surface area (TPSA) is 49.6 Å². The SMILES string of the molecule is CCSc1cc2c(c3nc(C)c(C)n13)N[C@H](c1ccccc1)[C@H](O)C2. The number of hydrogen-bond acceptors (Lipinski definition) is 4. The Hall–Kier alpha value is -1.98. The Bertz CT molecular complexity index is 920. The van der Waals surface area contributed by atoms with E-state index in [1.807, 2.05) is 30.0 Å². The number of aromatic nitrogens is 2. The van der Waals surface area contributed by atoms with Crippen LogP contribution in [0, 0.1) is 13.8 Å². The van der Waals surface area contributed by atoms with Crippen molar-refractivity contribution in [1.82, 2.24) is 9.38 Å². The highest BCUT2D eigenvalue weighted by molar-refractivity contribution is 7.99. The second-order valence-corrected chi connectivity index (χ2v) is 7.85. The second-order valence-electron chi connectivity index (χ2n) is 6.56. The predicted octanol–water partition coefficient (Wildman–Crippen LogP) is 4.13. The van der Waals surface area contributed by atoms with E-state index >= 15 is 0 Å². The van der Waals surface area contributed by atoms with Crippen LogP contribution in [-0.2, 0) is 6.42 Å². The number of anilines is 1. The second kappa shape index (κ2) is 6.39. The summed E-state index contributed by atoms with van der Waals surface area (Å²) in [6.07, 6.45) is 0.189. The van der Waals surface area contributed by atoms with Gasteiger partial charge >= 0.3 is 0 Å². The summed E-state index contributed by atoms with van der Waals surface area (Å²) in [6, 6.07) is 12.3. The lowest BCUT2D eigenvalue weighted by Crippen LogP contribution is -2.32. The van der Waals surface area contributed by atoms with E-state index in [-0.39, 0.29) is 6.04 Å². The largest absolute Gasteiger partial charge is 0.390 e. The van der Waals surface area contributed by atoms with Gasteiger partial charge in [0.25, 0.3) is 0 Å². The first-order chi connectivity index (χ1) is 12.1. The van der Waals surface area contributed by atoms with Gasteiger partial charge in [-0.25, -0.2) is 4.98 Å². The van der Waals surface area contributed by atoms with Gasteiger partial charge < -0.3 is 10.4 Å². The van der Waals surface area contributed by atoms with E-state index < -0.39 is 6.10 Å². The third-order valence-corrected chi connectivity index (χ3v) is 5.86. The molecule has 1 aromatic carbocycles. The Morgan fingerprint density at radius 3 is 2.76 bits per heavy atom. The van der Waals surface area contributed by atoms with Crippen LogP contribution in [0.3, 0.4) is 0 Å². The van der Waals surface area contributed by atoms with Crippen LogP contribution in [0.4, 0.5) is 5.69 Å². The Kier molecular flexibility index (Phi) is 4.21. The number of aliphatic hydroxyl groups is 1. The number of nitrogens with zero attached hydrogens (tertiary/aromatic N) is 2. The zero-order valence-corrected chi connectivity index (χ0v) is 15.6. The summed E-state index contributed by atoms with van der Waals surface area (Å²) in [5, 5.41) is 15.5. The number of nitrogens with one attached hydrogen (secondary N) is 1. The summed E-state index contributed by atoms with van der Waals surface area (Å²) in [4.78, 5) is 4.83. The zero-order valence-electron chi connectivity index (χ0n) is 14.8. The number of pyridine rings is 1. The predicted molar refractivity (Wildman–Crippen MR) is 104 cm³/mol. The number of rotatable bonds is 3. The van der Waals surface area contributed by atoms with Crippen LogP contribution < -0.4 is 5.32 Å². The average molecular weight is 353 g/mol. The number of thioether (sulfide) groups is 1. The number of benzene rings is 1. The van der Waals surface area contributed by atoms with E-state index in [4.69, 9.17) is 4.98 Å². The number of hydrogen-bond donors (Lipinski definition) is 2. The van der Waals surface area contributed by atoms with Gasteiger partial charge in [-0.1, -0.05) is 37.3 Å². The van der Waals surface area contributed by atoms with Crippen molar-refractivity contribution in [2.45, 2.75) is 44.4 Å². The Morgan fingerprint density at radius 1 is 1.28 bits per heavy atom. The van der Waals surface area contributed by atoms with Gasteiger partial charge in [0.1, 0.15) is 0 Å². The highest BCUT2D eigenvalue weighted by Crippen LogP contribution is 2.38. The molecule has 0 saturated heterocycles. The van der Waals surface area contributed by atoms with Crippen LogP contribution in [0.5, 0.6) is 0 Å². The molecule has 25 heavy (non-hydrogen) atoms. The lowest BCUT2D eigenvalue weighted by atomic mass is 9.91. The molecular weight excluding hydrogens is 330 g/mol. The molecule has 4 nitrogen and oxygen atoms in total. The first kappa shape index (κ1) is 16.5. The van der Waals surface area contributed by atoms with Crippen LogP contribution in [0.15, 0.2) is 41.4 Å². The molecule has 0 amide bonds. The maximum atomic E-state index is 10.7. The molecule has 0 aliphatic carbocycles. The lowest BCUT2D eigenvalue weighted by Gasteiger charge is -2.32. The molecule has 130 valence electrons. The fourth-order valence-electron chi connectivity index (χ4n) is 3.61. The highest BCUT2D eigenvalue weighted by Gasteiger charge is 2.30. The molecule has 0 unspecified atom stereocenters. The molecule has 3 heterocycles. The minimum absolute atomic E-state index is 0.112. The van der Waals surface area contributed by atoms with Crippen LogP contribution >= 0.6 is 11.8 Å². The molecule has 4 rings (SSSR count). The molecule has 5 heteroatoms. The normalized spacial score (nSPS) is 19.7. The smallest absolute Gasteiger partial charge is 0.161 e. The van der Waals surface area contributed by atoms with Gasteiger partial charge in [-0.05, 0) is 36.8 Å². The monoisotopic (exact) mass is 353 g/mol. The Balaban J connectivity index is 1.88. The summed E-state index contributed by atoms with van der Waals surface area (Å²) in [5.41, 5.74) is 6.50. The van der Waals surface area contributed by atoms with Crippen molar-refractivity contribution in [2.24, 2.45) is 0 Å². The molecule has 2 aromatic heterocycles. The number of fused-ring (bicyclic) bond motifs is 3. The van der Waals surface area contributed by atoms with Crippen molar-refractivity contribution in [3.05, 3.63) is 58.9 Å². The summed E-state index contributed by atoms with van der Waals surface area (Å²) < 4.78 is 2.25. The lowest BCUT2D eigenvalue weighted by molar-refractivity contribution is 0.148. The van der Waals surface area contributed by atoms with Crippen LogP contribution in [0.1, 0.15) is 35.5 Å². The molecule has 2 atom stereocenters. The van der Waals surface area contributed by atoms with E-state index in [1.54, 1.807) is 0 Å². The zero-order chi connectivity index (χ0) is 17.6. The summed E-state index contributed by atoms with van der Waals surface area (Å²) in [5.74, 6) is 1.01. The molecule has 0 spiro atoms. The third kappa shape index (κ3) is 2.71. The van der Waals surface area contributed by atoms with Crippen molar-refractivity contribution in [2.75, 3.05) is 11.1 Å². The van der Waals surface area contributed by atoms with Gasteiger partial charge in [-0.3, -0.25) is 4.40 Å². The van der Waals surface area contributed by atoms with Crippen molar-refractivity contribution >= 4 is 23.1 Å². The van der Waals surface area contributed by atoms with E-state index in [9.17, 15) is 5.11 Å². The highest BCUT2D eigenvalue weighted by atomic mass is 32.2. The average Bonchev–Trinajstić information content (AvgIpc) is 2.91. The number of imidazole rings is 1. The Morgan fingerprint density at radius 2 is 2.04 bits per heavy atom. The van der Waals surface area contributed by atoms with Crippen LogP contribution in [0.2, 0.25) is 0 Å². The van der Waals surface area contributed by atoms with Gasteiger partial charge in [0.2, 0.25) is 0 Å². The fraction of sp³-hybridized carbons (Fsp3) is 0.350. The Labute approximate surface area is 152 Å². The van der Waals surface area contributed by atoms with Gasteiger partial charge in [0.05, 0.1) is 28.6 Å². The van der Waals surface area contributed by atoms with Gasteiger partial charge in [0, 0.05) is 12.1 Å². The van der Waals surface area contributed by atoms with Crippen molar-refractivity contribution in [3.8, 4) is 0 Å². The summed E-state index contributed by atoms with van der Waals surface area (Å²) in [7, 11) is 0. The molecule has 0 fully saturated rings. The van der Waals surface area contributed by atoms with E-state index in [2.05, 4.69) is 48.7 Å². The minimum atomic E-state index is -0.450. The molecule has 2 N–H and O–H groups in total. The van der Waals surface area contributed by atoms with Crippen molar-refractivity contribution in [1.29, 1.82) is 0 Å². The molecule has 1 aliphatic rings. The van der Waals surface area contributed by atoms with Crippen LogP contribution in [0.25, 0.3) is 5.65 Å². The molecule has 0 bridgehead atoms. The first-order valence-corrected chi connectivity index (χ1v) is 9.72. The molecule has 3 aromatic rings. The molecule has 1 aliphatic heterocycles. The standard InChI is InChI=1S/C20H23N3OS/c1-4-25-17-11-15-10-16(24)18(14-8-6-5-7-9-14)22-19(15)20-21-12(2)13(3)23(17)20/h5-9,11,16,18,22,24H,4,10H2,1-3H3/t16-,18-/m1/s1. The van der Waals surface area contributed by atoms with E-state index in [0.717, 1.165) is 33.9 Å². The molecule has 0 saturated carbocycles. The maximum Gasteiger partial charge on any atom is 0.161 e. The van der Waals surface area contributed by atoms with Gasteiger partial charge in [0.15, 0.2) is 5.65 Å². The van der Waals surface area contributed by atoms with Crippen LogP contribution in [-0.4, -0.2) is 26.3 Å². The van der Waals surface area contributed by atoms with E-state index in [0.29, 0.717) is 6.42 Å². The van der Waals surface area contributed by atoms with Crippen molar-refractivity contribution in [3.63, 3.8) is 0 Å². The van der Waals surface area contributed by atoms with Gasteiger partial charge in [-0.15, -0.1) is 11.8 Å². The number of aryl methyl sites for hydroxylation is 2. The molecule has 0 radical (unpaired) electrons. The maximum absolute atomic E-state index is 10.7. The fourth-order valence-corrected chi connectivity index (χ4v) is 4.48. The summed E-state index contributed by atoms with van der Waals surface area (Å²) in [6.45, 7) is 6.34. The van der Waals surface area contributed by atoms with Gasteiger partial charge in [-0.2, -0.15) is 0 Å². The minimum Gasteiger partial charge on any atom is -0.390 e. The first-order valence-electron chi connectivity index (χ1n) is 8.74. The summed E-state index contributed by atoms with van der Waals surface area (Å²) >= 11 is 1.82.